The van der Waals surface area contributed by atoms with Crippen molar-refractivity contribution in [1.82, 2.24) is 4.98 Å². The number of nitrogen functional groups attached to an aromatic ring is 1. The predicted octanol–water partition coefficient (Wildman–Crippen LogP) is 1.63. The minimum Gasteiger partial charge on any atom is -0.493 e. The molecule has 1 aromatic heterocycles. The van der Waals surface area contributed by atoms with Gasteiger partial charge in [0.15, 0.2) is 11.5 Å². The Balaban J connectivity index is 2.30. The topological polar surface area (TPSA) is 100 Å². The van der Waals surface area contributed by atoms with E-state index in [4.69, 9.17) is 20.9 Å². The van der Waals surface area contributed by atoms with Gasteiger partial charge in [0.05, 0.1) is 13.3 Å². The van der Waals surface area contributed by atoms with E-state index in [0.717, 1.165) is 0 Å². The Labute approximate surface area is 107 Å². The minimum absolute atomic E-state index is 0.345. The zero-order chi connectivity index (χ0) is 13.1. The highest BCUT2D eigenvalue weighted by Crippen LogP contribution is 2.34. The van der Waals surface area contributed by atoms with Crippen LogP contribution >= 0.6 is 11.3 Å². The van der Waals surface area contributed by atoms with E-state index in [0.29, 0.717) is 27.3 Å². The molecule has 94 valence electrons. The second-order valence-electron chi connectivity index (χ2n) is 3.36. The molecule has 1 heterocycles. The fourth-order valence-corrected chi connectivity index (χ4v) is 1.86. The zero-order valence-electron chi connectivity index (χ0n) is 9.54. The van der Waals surface area contributed by atoms with Crippen molar-refractivity contribution < 1.29 is 14.3 Å². The molecule has 0 aliphatic heterocycles. The standard InChI is InChI=1S/C11H11N3O3S/c1-16-8-4-6(10(13)15)2-3-7(8)17-11-14-5-9(12)18-11/h2-5H,12H2,1H3,(H2,13,15). The van der Waals surface area contributed by atoms with Gasteiger partial charge in [0.1, 0.15) is 5.00 Å². The molecule has 0 aliphatic carbocycles. The highest BCUT2D eigenvalue weighted by atomic mass is 32.1. The first-order valence-corrected chi connectivity index (χ1v) is 5.79. The molecule has 2 aromatic rings. The Morgan fingerprint density at radius 1 is 1.39 bits per heavy atom. The lowest BCUT2D eigenvalue weighted by molar-refractivity contribution is 0.1000. The summed E-state index contributed by atoms with van der Waals surface area (Å²) < 4.78 is 10.6. The largest absolute Gasteiger partial charge is 0.493 e. The highest BCUT2D eigenvalue weighted by molar-refractivity contribution is 7.17. The van der Waals surface area contributed by atoms with E-state index in [1.165, 1.54) is 30.7 Å². The average Bonchev–Trinajstić information content (AvgIpc) is 2.75. The van der Waals surface area contributed by atoms with Crippen LogP contribution in [0.4, 0.5) is 5.00 Å². The Hall–Kier alpha value is -2.28. The Bertz CT molecular complexity index is 583. The number of amides is 1. The molecule has 0 spiro atoms. The van der Waals surface area contributed by atoms with Gasteiger partial charge in [0.25, 0.3) is 5.19 Å². The number of carbonyl (C=O) groups excluding carboxylic acids is 1. The smallest absolute Gasteiger partial charge is 0.280 e. The van der Waals surface area contributed by atoms with Gasteiger partial charge in [-0.2, -0.15) is 0 Å². The molecule has 18 heavy (non-hydrogen) atoms. The minimum atomic E-state index is -0.529. The van der Waals surface area contributed by atoms with Crippen molar-refractivity contribution in [2.24, 2.45) is 5.73 Å². The van der Waals surface area contributed by atoms with Crippen LogP contribution in [0.15, 0.2) is 24.4 Å². The van der Waals surface area contributed by atoms with Gasteiger partial charge in [-0.15, -0.1) is 0 Å². The first-order valence-electron chi connectivity index (χ1n) is 4.97. The van der Waals surface area contributed by atoms with Crippen LogP contribution in [0.1, 0.15) is 10.4 Å². The maximum Gasteiger partial charge on any atom is 0.280 e. The van der Waals surface area contributed by atoms with Crippen molar-refractivity contribution in [1.29, 1.82) is 0 Å². The van der Waals surface area contributed by atoms with Crippen LogP contribution in [0, 0.1) is 0 Å². The number of rotatable bonds is 4. The van der Waals surface area contributed by atoms with Crippen LogP contribution in [0.25, 0.3) is 0 Å². The van der Waals surface area contributed by atoms with Crippen molar-refractivity contribution in [3.63, 3.8) is 0 Å². The van der Waals surface area contributed by atoms with Gasteiger partial charge in [-0.05, 0) is 18.2 Å². The quantitative estimate of drug-likeness (QED) is 0.874. The molecule has 0 saturated carbocycles. The van der Waals surface area contributed by atoms with Crippen LogP contribution in [-0.4, -0.2) is 18.0 Å². The van der Waals surface area contributed by atoms with E-state index >= 15 is 0 Å². The van der Waals surface area contributed by atoms with Crippen molar-refractivity contribution >= 4 is 22.2 Å². The van der Waals surface area contributed by atoms with E-state index in [9.17, 15) is 4.79 Å². The fourth-order valence-electron chi connectivity index (χ4n) is 1.32. The molecule has 4 N–H and O–H groups in total. The predicted molar refractivity (Wildman–Crippen MR) is 68.1 cm³/mol. The molecule has 0 fully saturated rings. The number of hydrogen-bond acceptors (Lipinski definition) is 6. The Kier molecular flexibility index (Phi) is 3.33. The van der Waals surface area contributed by atoms with Crippen molar-refractivity contribution in [2.75, 3.05) is 12.8 Å². The third-order valence-corrected chi connectivity index (χ3v) is 2.85. The normalized spacial score (nSPS) is 10.1. The summed E-state index contributed by atoms with van der Waals surface area (Å²) in [4.78, 5) is 15.0. The summed E-state index contributed by atoms with van der Waals surface area (Å²) in [6.07, 6.45) is 1.50. The Morgan fingerprint density at radius 2 is 2.17 bits per heavy atom. The molecule has 0 bridgehead atoms. The first-order chi connectivity index (χ1) is 8.60. The van der Waals surface area contributed by atoms with E-state index in [-0.39, 0.29) is 0 Å². The second-order valence-corrected chi connectivity index (χ2v) is 4.39. The van der Waals surface area contributed by atoms with Gasteiger partial charge in [0.2, 0.25) is 5.91 Å². The average molecular weight is 265 g/mol. The third kappa shape index (κ3) is 2.51. The summed E-state index contributed by atoms with van der Waals surface area (Å²) in [5.74, 6) is 0.315. The second kappa shape index (κ2) is 4.92. The fraction of sp³-hybridized carbons (Fsp3) is 0.0909. The molecular formula is C11H11N3O3S. The van der Waals surface area contributed by atoms with E-state index in [1.807, 2.05) is 0 Å². The number of nitrogens with zero attached hydrogens (tertiary/aromatic N) is 1. The van der Waals surface area contributed by atoms with Crippen LogP contribution in [0.3, 0.4) is 0 Å². The summed E-state index contributed by atoms with van der Waals surface area (Å²) in [6.45, 7) is 0. The van der Waals surface area contributed by atoms with Gasteiger partial charge in [0, 0.05) is 5.56 Å². The monoisotopic (exact) mass is 265 g/mol. The summed E-state index contributed by atoms with van der Waals surface area (Å²) in [5.41, 5.74) is 11.1. The molecule has 0 unspecified atom stereocenters. The summed E-state index contributed by atoms with van der Waals surface area (Å²) in [5, 5.41) is 0.954. The SMILES string of the molecule is COc1cc(C(N)=O)ccc1Oc1ncc(N)s1. The molecule has 0 aliphatic rings. The zero-order valence-corrected chi connectivity index (χ0v) is 10.4. The first kappa shape index (κ1) is 12.2. The molecule has 7 heteroatoms. The Morgan fingerprint density at radius 3 is 2.72 bits per heavy atom. The number of ether oxygens (including phenoxy) is 2. The number of carbonyl (C=O) groups is 1. The number of methoxy groups -OCH3 is 1. The number of thiazole rings is 1. The van der Waals surface area contributed by atoms with Crippen LogP contribution < -0.4 is 20.9 Å². The lowest BCUT2D eigenvalue weighted by atomic mass is 10.2. The van der Waals surface area contributed by atoms with E-state index < -0.39 is 5.91 Å². The number of benzene rings is 1. The molecule has 0 radical (unpaired) electrons. The van der Waals surface area contributed by atoms with E-state index in [2.05, 4.69) is 4.98 Å². The van der Waals surface area contributed by atoms with Crippen LogP contribution in [0.2, 0.25) is 0 Å². The molecular weight excluding hydrogens is 254 g/mol. The van der Waals surface area contributed by atoms with Gasteiger partial charge < -0.3 is 20.9 Å². The maximum absolute atomic E-state index is 11.0. The van der Waals surface area contributed by atoms with Gasteiger partial charge in [-0.3, -0.25) is 4.79 Å². The molecule has 6 nitrogen and oxygen atoms in total. The maximum atomic E-state index is 11.0. The highest BCUT2D eigenvalue weighted by Gasteiger charge is 2.11. The van der Waals surface area contributed by atoms with Crippen LogP contribution in [-0.2, 0) is 0 Å². The summed E-state index contributed by atoms with van der Waals surface area (Å²) >= 11 is 1.21. The summed E-state index contributed by atoms with van der Waals surface area (Å²) in [7, 11) is 1.48. The van der Waals surface area contributed by atoms with Crippen LogP contribution in [0.5, 0.6) is 16.7 Å². The lowest BCUT2D eigenvalue weighted by Gasteiger charge is -2.08. The molecule has 1 amide bonds. The summed E-state index contributed by atoms with van der Waals surface area (Å²) in [6, 6.07) is 4.66. The van der Waals surface area contributed by atoms with Crippen molar-refractivity contribution in [3.8, 4) is 16.7 Å². The van der Waals surface area contributed by atoms with Crippen molar-refractivity contribution in [2.45, 2.75) is 0 Å². The van der Waals surface area contributed by atoms with Gasteiger partial charge in [-0.25, -0.2) is 4.98 Å². The number of primary amides is 1. The lowest BCUT2D eigenvalue weighted by Crippen LogP contribution is -2.10. The third-order valence-electron chi connectivity index (χ3n) is 2.15. The molecule has 0 saturated heterocycles. The number of aromatic nitrogens is 1. The van der Waals surface area contributed by atoms with E-state index in [1.54, 1.807) is 12.1 Å². The number of anilines is 1. The number of nitrogens with two attached hydrogens (primary N) is 2. The van der Waals surface area contributed by atoms with Gasteiger partial charge >= 0.3 is 0 Å². The van der Waals surface area contributed by atoms with Gasteiger partial charge in [-0.1, -0.05) is 11.3 Å². The van der Waals surface area contributed by atoms with Crippen molar-refractivity contribution in [3.05, 3.63) is 30.0 Å². The number of hydrogen-bond donors (Lipinski definition) is 2. The molecule has 0 atom stereocenters. The molecule has 2 rings (SSSR count). The molecule has 1 aromatic carbocycles.